The number of aromatic nitrogens is 3. The van der Waals surface area contributed by atoms with Crippen LogP contribution >= 0.6 is 0 Å². The van der Waals surface area contributed by atoms with E-state index >= 15 is 0 Å². The molecule has 2 aromatic rings. The number of ether oxygens (including phenoxy) is 1. The third kappa shape index (κ3) is 3.64. The van der Waals surface area contributed by atoms with Crippen LogP contribution in [0.4, 0.5) is 0 Å². The van der Waals surface area contributed by atoms with Crippen molar-refractivity contribution in [3.8, 4) is 0 Å². The van der Waals surface area contributed by atoms with Gasteiger partial charge in [0, 0.05) is 25.2 Å². The quantitative estimate of drug-likeness (QED) is 0.895. The Balaban J connectivity index is 1.82. The van der Waals surface area contributed by atoms with Crippen LogP contribution in [0.15, 0.2) is 15.1 Å². The number of carbonyl (C=O) groups is 1. The van der Waals surface area contributed by atoms with E-state index < -0.39 is 0 Å². The molecule has 0 aliphatic carbocycles. The van der Waals surface area contributed by atoms with Crippen molar-refractivity contribution in [2.45, 2.75) is 45.6 Å². The van der Waals surface area contributed by atoms with Crippen LogP contribution in [0, 0.1) is 12.8 Å². The number of hydrogen-bond acceptors (Lipinski definition) is 7. The summed E-state index contributed by atoms with van der Waals surface area (Å²) in [5.74, 6) is 1.23. The Bertz CT molecular complexity index is 688. The van der Waals surface area contributed by atoms with Crippen molar-refractivity contribution in [1.82, 2.24) is 20.6 Å². The van der Waals surface area contributed by atoms with E-state index in [1.165, 1.54) is 0 Å². The highest BCUT2D eigenvalue weighted by molar-refractivity contribution is 5.91. The lowest BCUT2D eigenvalue weighted by Gasteiger charge is -2.28. The van der Waals surface area contributed by atoms with Gasteiger partial charge in [0.1, 0.15) is 6.04 Å². The second kappa shape index (κ2) is 7.12. The molecule has 2 aromatic heterocycles. The van der Waals surface area contributed by atoms with Gasteiger partial charge >= 0.3 is 0 Å². The SMILES string of the molecule is Cc1cc(C(=O)N[C@@H](c2nc(C(C)C)no2)C2CCOCC2)on1. The molecule has 1 aliphatic heterocycles. The van der Waals surface area contributed by atoms with E-state index in [2.05, 4.69) is 20.6 Å². The summed E-state index contributed by atoms with van der Waals surface area (Å²) in [6.07, 6.45) is 1.64. The summed E-state index contributed by atoms with van der Waals surface area (Å²) < 4.78 is 15.9. The van der Waals surface area contributed by atoms with Gasteiger partial charge < -0.3 is 19.1 Å². The standard InChI is InChI=1S/C16H22N4O4/c1-9(2)14-18-16(24-20-14)13(11-4-6-22-7-5-11)17-15(21)12-8-10(3)19-23-12/h8-9,11,13H,4-7H2,1-3H3,(H,17,21)/t13-/m1/s1. The maximum atomic E-state index is 12.5. The molecule has 0 radical (unpaired) electrons. The summed E-state index contributed by atoms with van der Waals surface area (Å²) in [5.41, 5.74) is 0.655. The average molecular weight is 334 g/mol. The van der Waals surface area contributed by atoms with Gasteiger partial charge in [0.25, 0.3) is 5.91 Å². The summed E-state index contributed by atoms with van der Waals surface area (Å²) in [6.45, 7) is 7.07. The van der Waals surface area contributed by atoms with Gasteiger partial charge in [-0.1, -0.05) is 24.2 Å². The van der Waals surface area contributed by atoms with Crippen molar-refractivity contribution in [3.63, 3.8) is 0 Å². The molecule has 1 N–H and O–H groups in total. The zero-order valence-corrected chi connectivity index (χ0v) is 14.1. The molecular weight excluding hydrogens is 312 g/mol. The predicted molar refractivity (Wildman–Crippen MR) is 83.4 cm³/mol. The molecule has 1 saturated heterocycles. The number of nitrogens with one attached hydrogen (secondary N) is 1. The maximum absolute atomic E-state index is 12.5. The summed E-state index contributed by atoms with van der Waals surface area (Å²) in [4.78, 5) is 16.9. The summed E-state index contributed by atoms with van der Waals surface area (Å²) in [5, 5.41) is 10.7. The van der Waals surface area contributed by atoms with Crippen LogP contribution in [0.2, 0.25) is 0 Å². The molecule has 0 saturated carbocycles. The van der Waals surface area contributed by atoms with Crippen LogP contribution in [-0.2, 0) is 4.74 Å². The van der Waals surface area contributed by atoms with E-state index in [1.54, 1.807) is 13.0 Å². The first kappa shape index (κ1) is 16.6. The van der Waals surface area contributed by atoms with Gasteiger partial charge in [-0.05, 0) is 25.7 Å². The van der Waals surface area contributed by atoms with Crippen LogP contribution < -0.4 is 5.32 Å². The lowest BCUT2D eigenvalue weighted by atomic mass is 9.91. The molecular formula is C16H22N4O4. The molecule has 24 heavy (non-hydrogen) atoms. The van der Waals surface area contributed by atoms with Gasteiger partial charge in [-0.25, -0.2) is 0 Å². The first-order valence-corrected chi connectivity index (χ1v) is 8.20. The van der Waals surface area contributed by atoms with E-state index in [4.69, 9.17) is 13.8 Å². The summed E-state index contributed by atoms with van der Waals surface area (Å²) in [6, 6.07) is 1.23. The highest BCUT2D eigenvalue weighted by Crippen LogP contribution is 2.30. The Labute approximate surface area is 139 Å². The second-order valence-corrected chi connectivity index (χ2v) is 6.38. The van der Waals surface area contributed by atoms with Gasteiger partial charge in [-0.15, -0.1) is 0 Å². The van der Waals surface area contributed by atoms with Gasteiger partial charge in [0.2, 0.25) is 11.7 Å². The van der Waals surface area contributed by atoms with E-state index in [0.717, 1.165) is 12.8 Å². The minimum absolute atomic E-state index is 0.158. The molecule has 0 unspecified atom stereocenters. The number of rotatable bonds is 5. The Morgan fingerprint density at radius 1 is 1.25 bits per heavy atom. The first-order valence-electron chi connectivity index (χ1n) is 8.20. The fourth-order valence-electron chi connectivity index (χ4n) is 2.72. The van der Waals surface area contributed by atoms with Crippen molar-refractivity contribution >= 4 is 5.91 Å². The number of carbonyl (C=O) groups excluding carboxylic acids is 1. The number of hydrogen-bond donors (Lipinski definition) is 1. The molecule has 1 fully saturated rings. The van der Waals surface area contributed by atoms with Crippen LogP contribution in [0.3, 0.4) is 0 Å². The minimum Gasteiger partial charge on any atom is -0.381 e. The third-order valence-electron chi connectivity index (χ3n) is 4.12. The molecule has 3 heterocycles. The molecule has 0 bridgehead atoms. The zero-order valence-electron chi connectivity index (χ0n) is 14.1. The van der Waals surface area contributed by atoms with Gasteiger partial charge in [-0.2, -0.15) is 4.98 Å². The van der Waals surface area contributed by atoms with Crippen molar-refractivity contribution in [1.29, 1.82) is 0 Å². The van der Waals surface area contributed by atoms with Crippen molar-refractivity contribution < 1.29 is 18.6 Å². The van der Waals surface area contributed by atoms with E-state index in [9.17, 15) is 4.79 Å². The Morgan fingerprint density at radius 2 is 2.00 bits per heavy atom. The molecule has 130 valence electrons. The fourth-order valence-corrected chi connectivity index (χ4v) is 2.72. The fraction of sp³-hybridized carbons (Fsp3) is 0.625. The molecule has 1 aliphatic rings. The molecule has 1 amide bonds. The largest absolute Gasteiger partial charge is 0.381 e. The highest BCUT2D eigenvalue weighted by atomic mass is 16.5. The Hall–Kier alpha value is -2.22. The zero-order chi connectivity index (χ0) is 17.1. The third-order valence-corrected chi connectivity index (χ3v) is 4.12. The Morgan fingerprint density at radius 3 is 2.58 bits per heavy atom. The van der Waals surface area contributed by atoms with Crippen molar-refractivity contribution in [2.24, 2.45) is 5.92 Å². The van der Waals surface area contributed by atoms with Crippen molar-refractivity contribution in [2.75, 3.05) is 13.2 Å². The van der Waals surface area contributed by atoms with E-state index in [1.807, 2.05) is 13.8 Å². The molecule has 1 atom stereocenters. The first-order chi connectivity index (χ1) is 11.5. The molecule has 0 aromatic carbocycles. The number of aryl methyl sites for hydroxylation is 1. The highest BCUT2D eigenvalue weighted by Gasteiger charge is 2.32. The van der Waals surface area contributed by atoms with Crippen molar-refractivity contribution in [3.05, 3.63) is 29.2 Å². The van der Waals surface area contributed by atoms with Crippen LogP contribution in [-0.4, -0.2) is 34.4 Å². The lowest BCUT2D eigenvalue weighted by molar-refractivity contribution is 0.0462. The lowest BCUT2D eigenvalue weighted by Crippen LogP contribution is -2.36. The Kier molecular flexibility index (Phi) is 4.94. The second-order valence-electron chi connectivity index (χ2n) is 6.38. The van der Waals surface area contributed by atoms with Gasteiger partial charge in [-0.3, -0.25) is 4.79 Å². The van der Waals surface area contributed by atoms with Gasteiger partial charge in [0.05, 0.1) is 5.69 Å². The minimum atomic E-state index is -0.369. The molecule has 0 spiro atoms. The summed E-state index contributed by atoms with van der Waals surface area (Å²) >= 11 is 0. The molecule has 8 nitrogen and oxygen atoms in total. The molecule has 8 heteroatoms. The monoisotopic (exact) mass is 334 g/mol. The predicted octanol–water partition coefficient (Wildman–Crippen LogP) is 2.39. The normalized spacial score (nSPS) is 17.2. The number of nitrogens with zero attached hydrogens (tertiary/aromatic N) is 3. The van der Waals surface area contributed by atoms with Gasteiger partial charge in [0.15, 0.2) is 5.82 Å². The number of amides is 1. The average Bonchev–Trinajstić information content (AvgIpc) is 3.22. The van der Waals surface area contributed by atoms with Crippen LogP contribution in [0.25, 0.3) is 0 Å². The van der Waals surface area contributed by atoms with Crippen LogP contribution in [0.5, 0.6) is 0 Å². The van der Waals surface area contributed by atoms with E-state index in [-0.39, 0.29) is 29.5 Å². The topological polar surface area (TPSA) is 103 Å². The van der Waals surface area contributed by atoms with Crippen LogP contribution in [0.1, 0.15) is 66.6 Å². The smallest absolute Gasteiger partial charge is 0.290 e. The maximum Gasteiger partial charge on any atom is 0.290 e. The summed E-state index contributed by atoms with van der Waals surface area (Å²) in [7, 11) is 0. The molecule has 3 rings (SSSR count). The van der Waals surface area contributed by atoms with E-state index in [0.29, 0.717) is 30.6 Å².